The summed E-state index contributed by atoms with van der Waals surface area (Å²) in [6.45, 7) is 4.32. The average molecular weight is 292 g/mol. The fraction of sp³-hybridized carbons (Fsp3) is 0.333. The van der Waals surface area contributed by atoms with Gasteiger partial charge in [-0.1, -0.05) is 6.07 Å². The molecule has 0 fully saturated rings. The monoisotopic (exact) mass is 292 g/mol. The first-order chi connectivity index (χ1) is 10.1. The fourth-order valence-corrected chi connectivity index (χ4v) is 1.99. The number of hydrogen-bond acceptors (Lipinski definition) is 4. The molecule has 21 heavy (non-hydrogen) atoms. The summed E-state index contributed by atoms with van der Waals surface area (Å²) in [4.78, 5) is 11.4. The first kappa shape index (κ1) is 15.2. The molecule has 0 saturated heterocycles. The number of carbonyl (C=O) groups is 1. The van der Waals surface area contributed by atoms with Crippen LogP contribution in [0.5, 0.6) is 0 Å². The Kier molecular flexibility index (Phi) is 4.70. The lowest BCUT2D eigenvalue weighted by Gasteiger charge is -2.11. The zero-order valence-corrected chi connectivity index (χ0v) is 12.2. The predicted octanol–water partition coefficient (Wildman–Crippen LogP) is 3.03. The van der Waals surface area contributed by atoms with E-state index in [1.54, 1.807) is 17.1 Å². The van der Waals surface area contributed by atoms with Crippen molar-refractivity contribution in [3.8, 4) is 11.1 Å². The highest BCUT2D eigenvalue weighted by Gasteiger charge is 2.13. The second-order valence-electron chi connectivity index (χ2n) is 4.45. The highest BCUT2D eigenvalue weighted by molar-refractivity contribution is 5.90. The van der Waals surface area contributed by atoms with Crippen molar-refractivity contribution in [1.29, 1.82) is 0 Å². The quantitative estimate of drug-likeness (QED) is 0.795. The van der Waals surface area contributed by atoms with Gasteiger partial charge in [-0.25, -0.2) is 13.9 Å². The van der Waals surface area contributed by atoms with Crippen molar-refractivity contribution < 1.29 is 18.7 Å². The second-order valence-corrected chi connectivity index (χ2v) is 4.45. The van der Waals surface area contributed by atoms with E-state index in [1.807, 2.05) is 13.8 Å². The number of rotatable bonds is 5. The highest BCUT2D eigenvalue weighted by Crippen LogP contribution is 2.24. The van der Waals surface area contributed by atoms with Gasteiger partial charge in [-0.3, -0.25) is 0 Å². The Hall–Kier alpha value is -2.21. The molecule has 0 N–H and O–H groups in total. The number of aromatic nitrogens is 2. The fourth-order valence-electron chi connectivity index (χ4n) is 1.99. The van der Waals surface area contributed by atoms with Crippen LogP contribution in [0.15, 0.2) is 30.6 Å². The molecule has 0 radical (unpaired) electrons. The van der Waals surface area contributed by atoms with Gasteiger partial charge in [0.25, 0.3) is 0 Å². The summed E-state index contributed by atoms with van der Waals surface area (Å²) < 4.78 is 25.7. The Morgan fingerprint density at radius 3 is 2.86 bits per heavy atom. The van der Waals surface area contributed by atoms with Crippen molar-refractivity contribution in [3.63, 3.8) is 0 Å². The Labute approximate surface area is 122 Å². The van der Waals surface area contributed by atoms with Crippen molar-refractivity contribution in [2.24, 2.45) is 0 Å². The van der Waals surface area contributed by atoms with E-state index in [0.717, 1.165) is 6.07 Å². The topological polar surface area (TPSA) is 53.4 Å². The normalized spacial score (nSPS) is 12.2. The predicted molar refractivity (Wildman–Crippen MR) is 75.3 cm³/mol. The van der Waals surface area contributed by atoms with Gasteiger partial charge in [0.15, 0.2) is 0 Å². The molecule has 0 aliphatic carbocycles. The molecule has 2 rings (SSSR count). The van der Waals surface area contributed by atoms with Crippen LogP contribution in [0.25, 0.3) is 11.1 Å². The number of esters is 1. The Balaban J connectivity index is 2.28. The minimum absolute atomic E-state index is 0.175. The lowest BCUT2D eigenvalue weighted by atomic mass is 10.1. The van der Waals surface area contributed by atoms with E-state index in [9.17, 15) is 9.18 Å². The molecular formula is C15H17FN2O3. The highest BCUT2D eigenvalue weighted by atomic mass is 19.1. The molecule has 5 nitrogen and oxygen atoms in total. The minimum Gasteiger partial charge on any atom is -0.465 e. The van der Waals surface area contributed by atoms with Crippen LogP contribution < -0.4 is 0 Å². The molecule has 0 amide bonds. The number of benzene rings is 1. The summed E-state index contributed by atoms with van der Waals surface area (Å²) >= 11 is 0. The first-order valence-corrected chi connectivity index (χ1v) is 6.60. The molecule has 0 aliphatic rings. The Bertz CT molecular complexity index is 640. The van der Waals surface area contributed by atoms with E-state index in [0.29, 0.717) is 17.7 Å². The summed E-state index contributed by atoms with van der Waals surface area (Å²) in [5.41, 5.74) is 1.17. The van der Waals surface area contributed by atoms with Gasteiger partial charge in [0, 0.05) is 23.9 Å². The molecule has 2 aromatic rings. The molecule has 6 heteroatoms. The van der Waals surface area contributed by atoms with Gasteiger partial charge in [-0.15, -0.1) is 0 Å². The molecule has 112 valence electrons. The first-order valence-electron chi connectivity index (χ1n) is 6.60. The summed E-state index contributed by atoms with van der Waals surface area (Å²) in [5, 5.41) is 4.16. The number of halogens is 1. The van der Waals surface area contributed by atoms with Crippen LogP contribution in [-0.4, -0.2) is 29.5 Å². The zero-order valence-electron chi connectivity index (χ0n) is 12.2. The van der Waals surface area contributed by atoms with Crippen LogP contribution in [0.1, 0.15) is 30.4 Å². The number of ether oxygens (including phenoxy) is 2. The molecule has 0 bridgehead atoms. The Morgan fingerprint density at radius 2 is 2.24 bits per heavy atom. The summed E-state index contributed by atoms with van der Waals surface area (Å²) in [5.74, 6) is -1.07. The molecule has 0 aliphatic heterocycles. The van der Waals surface area contributed by atoms with E-state index in [-0.39, 0.29) is 11.8 Å². The van der Waals surface area contributed by atoms with E-state index in [4.69, 9.17) is 4.74 Å². The van der Waals surface area contributed by atoms with Crippen LogP contribution in [-0.2, 0) is 9.47 Å². The molecule has 1 unspecified atom stereocenters. The summed E-state index contributed by atoms with van der Waals surface area (Å²) in [6, 6.07) is 4.21. The van der Waals surface area contributed by atoms with Gasteiger partial charge in [0.05, 0.1) is 18.9 Å². The summed E-state index contributed by atoms with van der Waals surface area (Å²) in [6.07, 6.45) is 3.05. The third-order valence-electron chi connectivity index (χ3n) is 3.08. The molecule has 0 saturated carbocycles. The van der Waals surface area contributed by atoms with Gasteiger partial charge in [0.1, 0.15) is 12.0 Å². The smallest absolute Gasteiger partial charge is 0.337 e. The van der Waals surface area contributed by atoms with Crippen LogP contribution in [0.2, 0.25) is 0 Å². The zero-order chi connectivity index (χ0) is 15.4. The van der Waals surface area contributed by atoms with Crippen molar-refractivity contribution in [3.05, 3.63) is 42.0 Å². The van der Waals surface area contributed by atoms with Gasteiger partial charge in [0.2, 0.25) is 0 Å². The summed E-state index contributed by atoms with van der Waals surface area (Å²) in [7, 11) is 1.26. The lowest BCUT2D eigenvalue weighted by molar-refractivity contribution is 0.0160. The number of methoxy groups -OCH3 is 1. The molecular weight excluding hydrogens is 275 g/mol. The van der Waals surface area contributed by atoms with Crippen molar-refractivity contribution in [1.82, 2.24) is 9.78 Å². The molecule has 1 aromatic heterocycles. The van der Waals surface area contributed by atoms with Crippen molar-refractivity contribution in [2.75, 3.05) is 13.7 Å². The van der Waals surface area contributed by atoms with Gasteiger partial charge in [-0.2, -0.15) is 5.10 Å². The van der Waals surface area contributed by atoms with Gasteiger partial charge < -0.3 is 9.47 Å². The molecule has 1 heterocycles. The third-order valence-corrected chi connectivity index (χ3v) is 3.08. The average Bonchev–Trinajstić information content (AvgIpc) is 2.96. The third kappa shape index (κ3) is 3.28. The maximum atomic E-state index is 14.1. The largest absolute Gasteiger partial charge is 0.465 e. The standard InChI is InChI=1S/C15H17FN2O3/c1-4-21-10(2)18-9-12(8-17-18)13-6-5-11(7-14(13)16)15(19)20-3/h5-10H,4H2,1-3H3. The van der Waals surface area contributed by atoms with Crippen LogP contribution in [0.4, 0.5) is 4.39 Å². The van der Waals surface area contributed by atoms with E-state index < -0.39 is 11.8 Å². The molecule has 1 atom stereocenters. The van der Waals surface area contributed by atoms with Crippen LogP contribution >= 0.6 is 0 Å². The lowest BCUT2D eigenvalue weighted by Crippen LogP contribution is -2.09. The number of hydrogen-bond donors (Lipinski definition) is 0. The van der Waals surface area contributed by atoms with Crippen molar-refractivity contribution in [2.45, 2.75) is 20.1 Å². The van der Waals surface area contributed by atoms with Crippen molar-refractivity contribution >= 4 is 5.97 Å². The van der Waals surface area contributed by atoms with E-state index in [2.05, 4.69) is 9.84 Å². The maximum absolute atomic E-state index is 14.1. The van der Waals surface area contributed by atoms with Crippen LogP contribution in [0.3, 0.4) is 0 Å². The maximum Gasteiger partial charge on any atom is 0.337 e. The minimum atomic E-state index is -0.568. The van der Waals surface area contributed by atoms with E-state index in [1.165, 1.54) is 19.2 Å². The molecule has 0 spiro atoms. The number of nitrogens with zero attached hydrogens (tertiary/aromatic N) is 2. The Morgan fingerprint density at radius 1 is 1.48 bits per heavy atom. The number of carbonyl (C=O) groups excluding carboxylic acids is 1. The molecule has 1 aromatic carbocycles. The SMILES string of the molecule is CCOC(C)n1cc(-c2ccc(C(=O)OC)cc2F)cn1. The van der Waals surface area contributed by atoms with E-state index >= 15 is 0 Å². The van der Waals surface area contributed by atoms with Gasteiger partial charge in [-0.05, 0) is 26.0 Å². The second kappa shape index (κ2) is 6.49. The van der Waals surface area contributed by atoms with Crippen LogP contribution in [0, 0.1) is 5.82 Å². The van der Waals surface area contributed by atoms with Gasteiger partial charge >= 0.3 is 5.97 Å².